The summed E-state index contributed by atoms with van der Waals surface area (Å²) in [6.07, 6.45) is 2.25. The maximum atomic E-state index is 11.5. The molecule has 0 spiro atoms. The maximum Gasteiger partial charge on any atom is 0.323 e. The normalized spacial score (nSPS) is 15.7. The Morgan fingerprint density at radius 2 is 1.89 bits per heavy atom. The zero-order chi connectivity index (χ0) is 14.4. The molecule has 0 heterocycles. The Hall–Kier alpha value is -0.220. The summed E-state index contributed by atoms with van der Waals surface area (Å²) in [4.78, 5) is 11.5. The Balaban J connectivity index is 4.38. The fourth-order valence-corrected chi connectivity index (χ4v) is 2.88. The lowest BCUT2D eigenvalue weighted by atomic mass is 9.90. The van der Waals surface area contributed by atoms with Gasteiger partial charge in [0, 0.05) is 10.8 Å². The molecule has 0 aromatic rings. The van der Waals surface area contributed by atoms with E-state index in [1.807, 2.05) is 32.5 Å². The molecule has 0 aromatic heterocycles. The Morgan fingerprint density at radius 3 is 2.22 bits per heavy atom. The van der Waals surface area contributed by atoms with Gasteiger partial charge in [-0.15, -0.1) is 0 Å². The van der Waals surface area contributed by atoms with Crippen molar-refractivity contribution in [2.24, 2.45) is 0 Å². The molecular formula is C14H29NO2S. The minimum atomic E-state index is -0.757. The van der Waals surface area contributed by atoms with Crippen LogP contribution in [0.25, 0.3) is 0 Å². The lowest BCUT2D eigenvalue weighted by Crippen LogP contribution is -2.54. The number of thioether (sulfide) groups is 1. The summed E-state index contributed by atoms with van der Waals surface area (Å²) in [6.45, 7) is 12.5. The van der Waals surface area contributed by atoms with Crippen molar-refractivity contribution in [3.63, 3.8) is 0 Å². The number of rotatable bonds is 8. The summed E-state index contributed by atoms with van der Waals surface area (Å²) in [7, 11) is 0. The second kappa shape index (κ2) is 7.39. The molecule has 0 aliphatic carbocycles. The number of aliphatic carboxylic acids is 1. The van der Waals surface area contributed by atoms with E-state index in [0.717, 1.165) is 12.2 Å². The first kappa shape index (κ1) is 17.8. The largest absolute Gasteiger partial charge is 0.480 e. The third kappa shape index (κ3) is 6.64. The second-order valence-corrected chi connectivity index (χ2v) is 8.03. The number of hydrogen-bond donors (Lipinski definition) is 2. The van der Waals surface area contributed by atoms with Gasteiger partial charge in [-0.25, -0.2) is 0 Å². The van der Waals surface area contributed by atoms with E-state index in [0.29, 0.717) is 12.8 Å². The number of carboxylic acids is 1. The average Bonchev–Trinajstić information content (AvgIpc) is 2.20. The van der Waals surface area contributed by atoms with Crippen LogP contribution in [0.4, 0.5) is 0 Å². The third-order valence-corrected chi connectivity index (χ3v) is 4.22. The molecule has 1 unspecified atom stereocenters. The first-order chi connectivity index (χ1) is 8.13. The van der Waals surface area contributed by atoms with Crippen LogP contribution in [0.3, 0.4) is 0 Å². The van der Waals surface area contributed by atoms with Crippen molar-refractivity contribution in [2.75, 3.05) is 5.75 Å². The van der Waals surface area contributed by atoms with Crippen LogP contribution in [0.2, 0.25) is 0 Å². The standard InChI is InChI=1S/C14H29NO2S/c1-7-14(12(16)17,15-11(2)3)9-8-10-18-13(4,5)6/h11,15H,7-10H2,1-6H3,(H,16,17). The van der Waals surface area contributed by atoms with Gasteiger partial charge >= 0.3 is 5.97 Å². The summed E-state index contributed by atoms with van der Waals surface area (Å²) in [6, 6.07) is 0.191. The van der Waals surface area contributed by atoms with Crippen LogP contribution in [0.15, 0.2) is 0 Å². The van der Waals surface area contributed by atoms with Crippen molar-refractivity contribution in [1.29, 1.82) is 0 Å². The third-order valence-electron chi connectivity index (χ3n) is 2.86. The highest BCUT2D eigenvalue weighted by atomic mass is 32.2. The van der Waals surface area contributed by atoms with Crippen molar-refractivity contribution in [1.82, 2.24) is 5.32 Å². The summed E-state index contributed by atoms with van der Waals surface area (Å²) in [5, 5.41) is 12.7. The zero-order valence-corrected chi connectivity index (χ0v) is 13.5. The van der Waals surface area contributed by atoms with E-state index in [2.05, 4.69) is 26.1 Å². The number of carboxylic acid groups (broad SMARTS) is 1. The summed E-state index contributed by atoms with van der Waals surface area (Å²) in [5.74, 6) is 0.289. The molecule has 2 N–H and O–H groups in total. The maximum absolute atomic E-state index is 11.5. The Labute approximate surface area is 116 Å². The van der Waals surface area contributed by atoms with Gasteiger partial charge in [-0.2, -0.15) is 11.8 Å². The van der Waals surface area contributed by atoms with Crippen LogP contribution < -0.4 is 5.32 Å². The molecule has 0 radical (unpaired) electrons. The molecular weight excluding hydrogens is 246 g/mol. The number of hydrogen-bond acceptors (Lipinski definition) is 3. The predicted molar refractivity (Wildman–Crippen MR) is 80.4 cm³/mol. The highest BCUT2D eigenvalue weighted by Gasteiger charge is 2.36. The molecule has 0 saturated carbocycles. The van der Waals surface area contributed by atoms with E-state index in [1.165, 1.54) is 0 Å². The van der Waals surface area contributed by atoms with Crippen LogP contribution in [0.1, 0.15) is 60.8 Å². The molecule has 4 heteroatoms. The van der Waals surface area contributed by atoms with Gasteiger partial charge in [0.25, 0.3) is 0 Å². The molecule has 0 bridgehead atoms. The molecule has 0 rings (SSSR count). The molecule has 1 atom stereocenters. The molecule has 0 aliphatic rings. The van der Waals surface area contributed by atoms with Crippen LogP contribution >= 0.6 is 11.8 Å². The first-order valence-electron chi connectivity index (χ1n) is 6.78. The van der Waals surface area contributed by atoms with Crippen molar-refractivity contribution in [3.8, 4) is 0 Å². The highest BCUT2D eigenvalue weighted by molar-refractivity contribution is 8.00. The van der Waals surface area contributed by atoms with Crippen LogP contribution in [-0.4, -0.2) is 33.2 Å². The minimum absolute atomic E-state index is 0.191. The van der Waals surface area contributed by atoms with Gasteiger partial charge in [0.1, 0.15) is 5.54 Å². The van der Waals surface area contributed by atoms with Gasteiger partial charge in [-0.1, -0.05) is 27.7 Å². The number of nitrogens with one attached hydrogen (secondary N) is 1. The smallest absolute Gasteiger partial charge is 0.323 e. The fraction of sp³-hybridized carbons (Fsp3) is 0.929. The molecule has 108 valence electrons. The molecule has 0 saturated heterocycles. The van der Waals surface area contributed by atoms with Crippen LogP contribution in [0, 0.1) is 0 Å². The average molecular weight is 275 g/mol. The number of carbonyl (C=O) groups is 1. The van der Waals surface area contributed by atoms with Gasteiger partial charge in [0.2, 0.25) is 0 Å². The van der Waals surface area contributed by atoms with E-state index in [1.54, 1.807) is 0 Å². The Kier molecular flexibility index (Phi) is 7.30. The monoisotopic (exact) mass is 275 g/mol. The van der Waals surface area contributed by atoms with E-state index in [-0.39, 0.29) is 10.8 Å². The first-order valence-corrected chi connectivity index (χ1v) is 7.76. The minimum Gasteiger partial charge on any atom is -0.480 e. The molecule has 0 aromatic carbocycles. The van der Waals surface area contributed by atoms with E-state index in [9.17, 15) is 9.90 Å². The quantitative estimate of drug-likeness (QED) is 0.665. The van der Waals surface area contributed by atoms with Gasteiger partial charge in [-0.3, -0.25) is 10.1 Å². The van der Waals surface area contributed by atoms with Gasteiger partial charge in [0.05, 0.1) is 0 Å². The predicted octanol–water partition coefficient (Wildman–Crippen LogP) is 3.53. The van der Waals surface area contributed by atoms with Gasteiger partial charge in [0.15, 0.2) is 0 Å². The summed E-state index contributed by atoms with van der Waals surface area (Å²) < 4.78 is 0.254. The zero-order valence-electron chi connectivity index (χ0n) is 12.7. The van der Waals surface area contributed by atoms with Crippen molar-refractivity contribution in [3.05, 3.63) is 0 Å². The summed E-state index contributed by atoms with van der Waals surface area (Å²) in [5.41, 5.74) is -0.757. The van der Waals surface area contributed by atoms with Crippen molar-refractivity contribution >= 4 is 17.7 Å². The summed E-state index contributed by atoms with van der Waals surface area (Å²) >= 11 is 1.89. The van der Waals surface area contributed by atoms with Crippen LogP contribution in [0.5, 0.6) is 0 Å². The fourth-order valence-electron chi connectivity index (χ4n) is 1.98. The molecule has 0 aliphatic heterocycles. The van der Waals surface area contributed by atoms with E-state index >= 15 is 0 Å². The van der Waals surface area contributed by atoms with Gasteiger partial charge in [-0.05, 0) is 38.9 Å². The molecule has 0 fully saturated rings. The highest BCUT2D eigenvalue weighted by Crippen LogP contribution is 2.26. The Morgan fingerprint density at radius 1 is 1.33 bits per heavy atom. The van der Waals surface area contributed by atoms with Crippen molar-refractivity contribution < 1.29 is 9.90 Å². The molecule has 3 nitrogen and oxygen atoms in total. The van der Waals surface area contributed by atoms with E-state index in [4.69, 9.17) is 0 Å². The lowest BCUT2D eigenvalue weighted by Gasteiger charge is -2.32. The van der Waals surface area contributed by atoms with Crippen LogP contribution in [-0.2, 0) is 4.79 Å². The van der Waals surface area contributed by atoms with E-state index < -0.39 is 11.5 Å². The molecule has 0 amide bonds. The molecule has 18 heavy (non-hydrogen) atoms. The van der Waals surface area contributed by atoms with Crippen molar-refractivity contribution in [2.45, 2.75) is 77.1 Å². The second-order valence-electron chi connectivity index (χ2n) is 6.10. The Bertz CT molecular complexity index is 261. The topological polar surface area (TPSA) is 49.3 Å². The lowest BCUT2D eigenvalue weighted by molar-refractivity contribution is -0.145. The SMILES string of the molecule is CCC(CCCSC(C)(C)C)(NC(C)C)C(=O)O. The van der Waals surface area contributed by atoms with Gasteiger partial charge < -0.3 is 5.11 Å².